The third-order valence-electron chi connectivity index (χ3n) is 2.54. The first-order valence-electron chi connectivity index (χ1n) is 7.38. The Morgan fingerprint density at radius 3 is 1.76 bits per heavy atom. The van der Waals surface area contributed by atoms with Gasteiger partial charge in [0.05, 0.1) is 15.7 Å². The molecule has 1 N–H and O–H groups in total. The van der Waals surface area contributed by atoms with Crippen LogP contribution in [0.3, 0.4) is 0 Å². The van der Waals surface area contributed by atoms with Gasteiger partial charge in [0.15, 0.2) is 0 Å². The molecule has 0 radical (unpaired) electrons. The van der Waals surface area contributed by atoms with E-state index in [1.54, 1.807) is 47.0 Å². The number of carbonyl (C=O) groups is 2. The lowest BCUT2D eigenvalue weighted by Crippen LogP contribution is -2.44. The minimum absolute atomic E-state index is 0.00347. The van der Waals surface area contributed by atoms with Crippen LogP contribution in [0.1, 0.15) is 41.5 Å². The van der Waals surface area contributed by atoms with Gasteiger partial charge in [0, 0.05) is 5.69 Å². The number of rotatable bonds is 2. The molecule has 0 spiro atoms. The maximum Gasteiger partial charge on any atom is 0.424 e. The fourth-order valence-electron chi connectivity index (χ4n) is 1.67. The predicted molar refractivity (Wildman–Crippen MR) is 98.4 cm³/mol. The van der Waals surface area contributed by atoms with Crippen LogP contribution in [0.15, 0.2) is 12.1 Å². The highest BCUT2D eigenvalue weighted by atomic mass is 35.5. The molecule has 1 aromatic carbocycles. The fraction of sp³-hybridized carbons (Fsp3) is 0.500. The minimum atomic E-state index is -0.984. The Labute approximate surface area is 156 Å². The molecule has 1 rings (SSSR count). The van der Waals surface area contributed by atoms with E-state index < -0.39 is 23.4 Å². The van der Waals surface area contributed by atoms with Gasteiger partial charge >= 0.3 is 12.2 Å². The highest BCUT2D eigenvalue weighted by Gasteiger charge is 2.34. The first-order chi connectivity index (χ1) is 11.2. The van der Waals surface area contributed by atoms with Gasteiger partial charge in [0.1, 0.15) is 11.2 Å². The van der Waals surface area contributed by atoms with E-state index >= 15 is 0 Å². The van der Waals surface area contributed by atoms with Crippen molar-refractivity contribution in [2.75, 3.05) is 10.4 Å². The van der Waals surface area contributed by atoms with E-state index in [-0.39, 0.29) is 21.4 Å². The van der Waals surface area contributed by atoms with E-state index in [9.17, 15) is 14.8 Å². The number of benzene rings is 1. The molecular weight excluding hydrogens is 371 g/mol. The van der Waals surface area contributed by atoms with Crippen LogP contribution >= 0.6 is 23.2 Å². The lowest BCUT2D eigenvalue weighted by Gasteiger charge is -2.29. The minimum Gasteiger partial charge on any atom is -0.761 e. The van der Waals surface area contributed by atoms with Crippen LogP contribution < -0.4 is 10.4 Å². The summed E-state index contributed by atoms with van der Waals surface area (Å²) in [7, 11) is 0. The van der Waals surface area contributed by atoms with Gasteiger partial charge in [0.2, 0.25) is 0 Å². The predicted octanol–water partition coefficient (Wildman–Crippen LogP) is 5.58. The first kappa shape index (κ1) is 21.3. The molecule has 9 heteroatoms. The molecule has 1 aromatic rings. The van der Waals surface area contributed by atoms with Gasteiger partial charge < -0.3 is 20.2 Å². The maximum atomic E-state index is 12.5. The summed E-state index contributed by atoms with van der Waals surface area (Å²) in [6, 6.07) is 2.41. The van der Waals surface area contributed by atoms with Gasteiger partial charge in [-0.25, -0.2) is 9.59 Å². The van der Waals surface area contributed by atoms with Crippen LogP contribution in [0.25, 0.3) is 0 Å². The van der Waals surface area contributed by atoms with Gasteiger partial charge in [0.25, 0.3) is 0 Å². The zero-order chi connectivity index (χ0) is 19.6. The van der Waals surface area contributed by atoms with Crippen molar-refractivity contribution in [1.29, 1.82) is 0 Å². The molecule has 0 aliphatic carbocycles. The second-order valence-electron chi connectivity index (χ2n) is 7.18. The number of imide groups is 1. The van der Waals surface area contributed by atoms with Crippen LogP contribution in [0.2, 0.25) is 10.0 Å². The van der Waals surface area contributed by atoms with Crippen LogP contribution in [-0.4, -0.2) is 23.4 Å². The molecule has 0 saturated carbocycles. The van der Waals surface area contributed by atoms with Crippen molar-refractivity contribution in [3.63, 3.8) is 0 Å². The molecule has 0 aliphatic heterocycles. The van der Waals surface area contributed by atoms with E-state index in [2.05, 4.69) is 0 Å². The largest absolute Gasteiger partial charge is 0.761 e. The topological polar surface area (TPSA) is 90.9 Å². The standard InChI is InChI=1S/C16H21Cl2N2O5/c1-15(2,3)24-13(21)20(14(22)25-16(4,5)6)12-8-9(17)11(19-23)7-10(12)18/h7-8,19H,1-6H3/q-1. The maximum absolute atomic E-state index is 12.5. The van der Waals surface area contributed by atoms with Gasteiger partial charge in [-0.1, -0.05) is 23.2 Å². The molecule has 7 nitrogen and oxygen atoms in total. The molecule has 140 valence electrons. The Hall–Kier alpha value is -1.70. The number of halogens is 2. The second-order valence-corrected chi connectivity index (χ2v) is 8.00. The van der Waals surface area contributed by atoms with Crippen LogP contribution in [-0.2, 0) is 9.47 Å². The quantitative estimate of drug-likeness (QED) is 0.661. The van der Waals surface area contributed by atoms with Crippen molar-refractivity contribution in [2.24, 2.45) is 0 Å². The number of carbonyl (C=O) groups excluding carboxylic acids is 2. The number of amides is 2. The highest BCUT2D eigenvalue weighted by Crippen LogP contribution is 2.36. The third-order valence-corrected chi connectivity index (χ3v) is 3.15. The molecule has 0 unspecified atom stereocenters. The molecule has 0 bridgehead atoms. The van der Waals surface area contributed by atoms with Gasteiger partial charge in [-0.3, -0.25) is 0 Å². The monoisotopic (exact) mass is 391 g/mol. The number of nitrogens with zero attached hydrogens (tertiary/aromatic N) is 1. The zero-order valence-corrected chi connectivity index (χ0v) is 16.4. The SMILES string of the molecule is CC(C)(C)OC(=O)N(C(=O)OC(C)(C)C)c1cc(Cl)c(N[O-])cc1Cl. The van der Waals surface area contributed by atoms with Crippen molar-refractivity contribution in [3.05, 3.63) is 27.4 Å². The van der Waals surface area contributed by atoms with Gasteiger partial charge in [-0.05, 0) is 53.7 Å². The average molecular weight is 392 g/mol. The Bertz CT molecular complexity index is 638. The van der Waals surface area contributed by atoms with Gasteiger partial charge in [-0.15, -0.1) is 0 Å². The smallest absolute Gasteiger partial charge is 0.424 e. The summed E-state index contributed by atoms with van der Waals surface area (Å²) in [6.45, 7) is 9.90. The molecule has 25 heavy (non-hydrogen) atoms. The summed E-state index contributed by atoms with van der Waals surface area (Å²) in [5.41, 5.74) is -0.152. The Balaban J connectivity index is 3.39. The van der Waals surface area contributed by atoms with Gasteiger partial charge in [-0.2, -0.15) is 4.90 Å². The number of anilines is 2. The summed E-state index contributed by atoms with van der Waals surface area (Å²) in [5, 5.41) is 10.8. The molecule has 0 fully saturated rings. The molecule has 0 heterocycles. The van der Waals surface area contributed by atoms with Crippen LogP contribution in [0.4, 0.5) is 21.0 Å². The first-order valence-corrected chi connectivity index (χ1v) is 8.14. The number of nitrogens with one attached hydrogen (secondary N) is 1. The lowest BCUT2D eigenvalue weighted by atomic mass is 10.2. The molecule has 0 aliphatic rings. The average Bonchev–Trinajstić information content (AvgIpc) is 2.38. The molecular formula is C16H21Cl2N2O5-. The highest BCUT2D eigenvalue weighted by molar-refractivity contribution is 6.38. The Morgan fingerprint density at radius 1 is 0.960 bits per heavy atom. The van der Waals surface area contributed by atoms with Crippen molar-refractivity contribution < 1.29 is 19.1 Å². The normalized spacial score (nSPS) is 11.7. The summed E-state index contributed by atoms with van der Waals surface area (Å²) in [4.78, 5) is 25.7. The van der Waals surface area contributed by atoms with E-state index in [1.807, 2.05) is 0 Å². The van der Waals surface area contributed by atoms with Crippen LogP contribution in [0, 0.1) is 5.21 Å². The Kier molecular flexibility index (Phi) is 6.55. The van der Waals surface area contributed by atoms with Crippen molar-refractivity contribution >= 4 is 46.8 Å². The lowest BCUT2D eigenvalue weighted by molar-refractivity contribution is 0.0431. The zero-order valence-electron chi connectivity index (χ0n) is 14.9. The summed E-state index contributed by atoms with van der Waals surface area (Å²) < 4.78 is 10.5. The van der Waals surface area contributed by atoms with E-state index in [0.717, 1.165) is 0 Å². The fourth-order valence-corrected chi connectivity index (χ4v) is 2.12. The number of ether oxygens (including phenoxy) is 2. The Morgan fingerprint density at radius 2 is 1.40 bits per heavy atom. The van der Waals surface area contributed by atoms with E-state index in [1.165, 1.54) is 12.1 Å². The molecule has 2 amide bonds. The second kappa shape index (κ2) is 7.68. The van der Waals surface area contributed by atoms with Crippen molar-refractivity contribution in [3.8, 4) is 0 Å². The molecule has 0 aromatic heterocycles. The molecule has 0 saturated heterocycles. The summed E-state index contributed by atoms with van der Waals surface area (Å²) in [6.07, 6.45) is -1.97. The van der Waals surface area contributed by atoms with Crippen molar-refractivity contribution in [1.82, 2.24) is 0 Å². The summed E-state index contributed by atoms with van der Waals surface area (Å²) in [5.74, 6) is 0. The third kappa shape index (κ3) is 6.26. The van der Waals surface area contributed by atoms with E-state index in [0.29, 0.717) is 4.90 Å². The number of hydrogen-bond donors (Lipinski definition) is 1. The molecule has 0 atom stereocenters. The number of hydrogen-bond acceptors (Lipinski definition) is 6. The van der Waals surface area contributed by atoms with E-state index in [4.69, 9.17) is 32.7 Å². The van der Waals surface area contributed by atoms with Crippen molar-refractivity contribution in [2.45, 2.75) is 52.7 Å². The van der Waals surface area contributed by atoms with Crippen LogP contribution in [0.5, 0.6) is 0 Å². The summed E-state index contributed by atoms with van der Waals surface area (Å²) >= 11 is 12.1.